The number of halogens is 3. The molecule has 1 fully saturated rings. The first-order valence-electron chi connectivity index (χ1n) is 7.38. The van der Waals surface area contributed by atoms with Gasteiger partial charge in [-0.25, -0.2) is 0 Å². The van der Waals surface area contributed by atoms with Crippen molar-refractivity contribution in [3.63, 3.8) is 0 Å². The second-order valence-electron chi connectivity index (χ2n) is 5.74. The Morgan fingerprint density at radius 2 is 1.83 bits per heavy atom. The van der Waals surface area contributed by atoms with Crippen LogP contribution in [0.25, 0.3) is 22.2 Å². The lowest BCUT2D eigenvalue weighted by Gasteiger charge is -2.13. The van der Waals surface area contributed by atoms with Crippen LogP contribution in [0.5, 0.6) is 5.75 Å². The second-order valence-corrected chi connectivity index (χ2v) is 6.27. The average molecular weight is 349 g/mol. The van der Waals surface area contributed by atoms with Gasteiger partial charge in [-0.3, -0.25) is 0 Å². The highest BCUT2D eigenvalue weighted by molar-refractivity contribution is 7.00. The lowest BCUT2D eigenvalue weighted by atomic mass is 10.00. The predicted molar refractivity (Wildman–Crippen MR) is 86.1 cm³/mol. The molecule has 3 nitrogen and oxygen atoms in total. The zero-order valence-electron chi connectivity index (χ0n) is 12.4. The van der Waals surface area contributed by atoms with Crippen molar-refractivity contribution in [3.8, 4) is 16.9 Å². The molecule has 1 radical (unpaired) electrons. The van der Waals surface area contributed by atoms with E-state index in [2.05, 4.69) is 15.2 Å². The Hall–Kier alpha value is -2.15. The van der Waals surface area contributed by atoms with Crippen LogP contribution in [-0.4, -0.2) is 21.5 Å². The molecule has 7 heteroatoms. The third-order valence-electron chi connectivity index (χ3n) is 3.82. The molecular weight excluding hydrogens is 337 g/mol. The average Bonchev–Trinajstić information content (AvgIpc) is 3.29. The number of rotatable bonds is 4. The third kappa shape index (κ3) is 3.36. The second kappa shape index (κ2) is 5.73. The van der Waals surface area contributed by atoms with Gasteiger partial charge in [-0.1, -0.05) is 12.1 Å². The largest absolute Gasteiger partial charge is 0.484 e. The van der Waals surface area contributed by atoms with Gasteiger partial charge in [0.2, 0.25) is 0 Å². The fourth-order valence-corrected chi connectivity index (χ4v) is 3.07. The summed E-state index contributed by atoms with van der Waals surface area (Å²) in [6.07, 6.45) is -1.30. The van der Waals surface area contributed by atoms with Gasteiger partial charge in [0.25, 0.3) is 0 Å². The Morgan fingerprint density at radius 1 is 1.04 bits per heavy atom. The van der Waals surface area contributed by atoms with Crippen LogP contribution in [0.2, 0.25) is 0 Å². The molecule has 1 heterocycles. The van der Waals surface area contributed by atoms with Gasteiger partial charge in [0.15, 0.2) is 6.61 Å². The number of fused-ring (bicyclic) bond motifs is 1. The molecular formula is C17H12F3N2OS. The third-order valence-corrected chi connectivity index (χ3v) is 4.37. The van der Waals surface area contributed by atoms with Gasteiger partial charge in [0.1, 0.15) is 16.8 Å². The molecule has 1 aromatic heterocycles. The molecule has 0 bridgehead atoms. The monoisotopic (exact) mass is 349 g/mol. The summed E-state index contributed by atoms with van der Waals surface area (Å²) in [6.45, 7) is -1.29. The minimum absolute atomic E-state index is 0.233. The molecule has 1 atom stereocenters. The maximum atomic E-state index is 12.4. The smallest absolute Gasteiger partial charge is 0.422 e. The van der Waals surface area contributed by atoms with Crippen LogP contribution in [0.3, 0.4) is 0 Å². The van der Waals surface area contributed by atoms with Crippen LogP contribution in [-0.2, 0) is 0 Å². The Kier molecular flexibility index (Phi) is 3.68. The fourth-order valence-electron chi connectivity index (χ4n) is 2.55. The van der Waals surface area contributed by atoms with Crippen LogP contribution < -0.4 is 4.74 Å². The van der Waals surface area contributed by atoms with Gasteiger partial charge in [-0.15, -0.1) is 0 Å². The molecule has 0 amide bonds. The van der Waals surface area contributed by atoms with Crippen molar-refractivity contribution in [1.29, 1.82) is 0 Å². The van der Waals surface area contributed by atoms with Crippen LogP contribution in [0.4, 0.5) is 13.2 Å². The van der Waals surface area contributed by atoms with E-state index in [0.29, 0.717) is 5.92 Å². The Bertz CT molecular complexity index is 887. The lowest BCUT2D eigenvalue weighted by Crippen LogP contribution is -2.19. The maximum Gasteiger partial charge on any atom is 0.422 e. The van der Waals surface area contributed by atoms with E-state index in [0.717, 1.165) is 45.9 Å². The van der Waals surface area contributed by atoms with Gasteiger partial charge in [-0.05, 0) is 59.7 Å². The van der Waals surface area contributed by atoms with E-state index in [9.17, 15) is 13.2 Å². The predicted octanol–water partition coefficient (Wildman–Crippen LogP) is 4.99. The molecule has 24 heavy (non-hydrogen) atoms. The van der Waals surface area contributed by atoms with E-state index in [-0.39, 0.29) is 5.75 Å². The Labute approximate surface area is 140 Å². The summed E-state index contributed by atoms with van der Waals surface area (Å²) in [6, 6.07) is 11.0. The fraction of sp³-hybridized carbons (Fsp3) is 0.235. The van der Waals surface area contributed by atoms with Crippen LogP contribution in [0, 0.1) is 6.42 Å². The van der Waals surface area contributed by atoms with Crippen molar-refractivity contribution in [2.24, 2.45) is 0 Å². The van der Waals surface area contributed by atoms with Crippen LogP contribution in [0.1, 0.15) is 17.9 Å². The summed E-state index contributed by atoms with van der Waals surface area (Å²) >= 11 is 1.13. The van der Waals surface area contributed by atoms with Crippen molar-refractivity contribution in [3.05, 3.63) is 48.4 Å². The molecule has 0 N–H and O–H groups in total. The molecule has 3 aromatic rings. The highest BCUT2D eigenvalue weighted by Crippen LogP contribution is 2.42. The number of alkyl halides is 3. The summed E-state index contributed by atoms with van der Waals surface area (Å²) in [5.74, 6) is 0.527. The summed E-state index contributed by atoms with van der Waals surface area (Å²) in [5, 5.41) is 0. The molecule has 123 valence electrons. The molecule has 1 aliphatic rings. The topological polar surface area (TPSA) is 35.0 Å². The zero-order valence-corrected chi connectivity index (χ0v) is 13.2. The van der Waals surface area contributed by atoms with E-state index >= 15 is 0 Å². The molecule has 0 saturated heterocycles. The summed E-state index contributed by atoms with van der Waals surface area (Å²) in [7, 11) is 0. The minimum atomic E-state index is -4.35. The minimum Gasteiger partial charge on any atom is -0.484 e. The molecule has 1 unspecified atom stereocenters. The van der Waals surface area contributed by atoms with Crippen LogP contribution >= 0.6 is 11.7 Å². The number of aromatic nitrogens is 2. The van der Waals surface area contributed by atoms with Gasteiger partial charge >= 0.3 is 6.18 Å². The molecule has 2 aromatic carbocycles. The summed E-state index contributed by atoms with van der Waals surface area (Å²) < 4.78 is 50.6. The number of hydrogen-bond donors (Lipinski definition) is 0. The first kappa shape index (κ1) is 15.4. The zero-order chi connectivity index (χ0) is 16.7. The van der Waals surface area contributed by atoms with Crippen LogP contribution in [0.15, 0.2) is 36.4 Å². The standard InChI is InChI=1S/C17H12F3N2OS/c18-17(19,20)9-23-14-6-12(10-1-2-10)5-13(7-14)11-3-4-15-16(8-11)22-24-21-15/h1,3-8,10H,2,9H2. The highest BCUT2D eigenvalue weighted by Gasteiger charge is 2.29. The number of ether oxygens (including phenoxy) is 1. The van der Waals surface area contributed by atoms with E-state index in [1.54, 1.807) is 12.1 Å². The normalized spacial score (nSPS) is 15.0. The molecule has 1 saturated carbocycles. The quantitative estimate of drug-likeness (QED) is 0.665. The molecule has 0 aliphatic heterocycles. The Balaban J connectivity index is 1.71. The number of hydrogen-bond acceptors (Lipinski definition) is 4. The summed E-state index contributed by atoms with van der Waals surface area (Å²) in [4.78, 5) is 0. The highest BCUT2D eigenvalue weighted by atomic mass is 32.1. The van der Waals surface area contributed by atoms with Gasteiger partial charge < -0.3 is 4.74 Å². The molecule has 1 aliphatic carbocycles. The SMILES string of the molecule is FC(F)(F)COc1cc(-c2ccc3nsnc3c2)cc(C2[CH]C2)c1. The first-order valence-corrected chi connectivity index (χ1v) is 8.11. The van der Waals surface area contributed by atoms with E-state index in [1.165, 1.54) is 0 Å². The first-order chi connectivity index (χ1) is 11.5. The lowest BCUT2D eigenvalue weighted by molar-refractivity contribution is -0.153. The number of nitrogens with zero attached hydrogens (tertiary/aromatic N) is 2. The Morgan fingerprint density at radius 3 is 2.58 bits per heavy atom. The van der Waals surface area contributed by atoms with Crippen molar-refractivity contribution >= 4 is 22.8 Å². The van der Waals surface area contributed by atoms with Gasteiger partial charge in [-0.2, -0.15) is 21.9 Å². The van der Waals surface area contributed by atoms with Crippen molar-refractivity contribution in [1.82, 2.24) is 8.75 Å². The molecule has 0 spiro atoms. The number of benzene rings is 2. The van der Waals surface area contributed by atoms with E-state index < -0.39 is 12.8 Å². The van der Waals surface area contributed by atoms with E-state index in [4.69, 9.17) is 4.74 Å². The van der Waals surface area contributed by atoms with Crippen molar-refractivity contribution in [2.75, 3.05) is 6.61 Å². The van der Waals surface area contributed by atoms with Crippen molar-refractivity contribution < 1.29 is 17.9 Å². The van der Waals surface area contributed by atoms with Crippen molar-refractivity contribution in [2.45, 2.75) is 18.5 Å². The van der Waals surface area contributed by atoms with Gasteiger partial charge in [0.05, 0.1) is 11.7 Å². The maximum absolute atomic E-state index is 12.4. The van der Waals surface area contributed by atoms with Gasteiger partial charge in [0, 0.05) is 0 Å². The molecule has 4 rings (SSSR count). The summed E-state index contributed by atoms with van der Waals surface area (Å²) in [5.41, 5.74) is 4.26. The van der Waals surface area contributed by atoms with E-state index in [1.807, 2.05) is 24.3 Å².